The van der Waals surface area contributed by atoms with Crippen LogP contribution in [0.5, 0.6) is 0 Å². The lowest BCUT2D eigenvalue weighted by Gasteiger charge is -2.05. The van der Waals surface area contributed by atoms with Crippen LogP contribution in [0.2, 0.25) is 0 Å². The molecule has 0 unspecified atom stereocenters. The number of rotatable bonds is 2. The van der Waals surface area contributed by atoms with E-state index in [0.29, 0.717) is 4.60 Å². The summed E-state index contributed by atoms with van der Waals surface area (Å²) in [4.78, 5) is 3.50. The maximum Gasteiger partial charge on any atom is 0.209 e. The van der Waals surface area contributed by atoms with Gasteiger partial charge >= 0.3 is 0 Å². The van der Waals surface area contributed by atoms with Crippen LogP contribution in [0.15, 0.2) is 57.0 Å². The van der Waals surface area contributed by atoms with E-state index in [1.165, 1.54) is 36.5 Å². The number of halogens is 2. The molecule has 0 bridgehead atoms. The van der Waals surface area contributed by atoms with Gasteiger partial charge in [-0.15, -0.1) is 0 Å². The van der Waals surface area contributed by atoms with Crippen molar-refractivity contribution in [1.82, 2.24) is 4.98 Å². The molecule has 0 amide bonds. The Balaban J connectivity index is 2.63. The summed E-state index contributed by atoms with van der Waals surface area (Å²) in [5, 5.41) is 0. The van der Waals surface area contributed by atoms with Gasteiger partial charge in [-0.1, -0.05) is 12.1 Å². The fourth-order valence-electron chi connectivity index (χ4n) is 1.34. The van der Waals surface area contributed by atoms with Crippen molar-refractivity contribution >= 4 is 25.8 Å². The molecule has 0 atom stereocenters. The molecule has 6 heteroatoms. The molecule has 0 aliphatic rings. The van der Waals surface area contributed by atoms with Gasteiger partial charge in [-0.05, 0) is 40.2 Å². The van der Waals surface area contributed by atoms with E-state index in [2.05, 4.69) is 20.9 Å². The number of benzene rings is 1. The van der Waals surface area contributed by atoms with Crippen molar-refractivity contribution in [1.29, 1.82) is 0 Å². The minimum absolute atomic E-state index is 0.00414. The van der Waals surface area contributed by atoms with Gasteiger partial charge in [0.2, 0.25) is 9.84 Å². The number of aromatic nitrogens is 1. The summed E-state index contributed by atoms with van der Waals surface area (Å²) in [5.41, 5.74) is 0. The average Bonchev–Trinajstić information content (AvgIpc) is 2.29. The van der Waals surface area contributed by atoms with Crippen LogP contribution in [0, 0.1) is 5.82 Å². The van der Waals surface area contributed by atoms with Crippen LogP contribution in [0.4, 0.5) is 4.39 Å². The van der Waals surface area contributed by atoms with E-state index >= 15 is 0 Å². The monoisotopic (exact) mass is 315 g/mol. The third-order valence-corrected chi connectivity index (χ3v) is 4.35. The zero-order valence-electron chi connectivity index (χ0n) is 8.47. The molecule has 2 rings (SSSR count). The molecular formula is C11H7BrFNO2S. The predicted octanol–water partition coefficient (Wildman–Crippen LogP) is 2.82. The third-order valence-electron chi connectivity index (χ3n) is 2.13. The van der Waals surface area contributed by atoms with E-state index in [1.54, 1.807) is 0 Å². The highest BCUT2D eigenvalue weighted by Gasteiger charge is 2.21. The van der Waals surface area contributed by atoms with E-state index in [9.17, 15) is 12.8 Å². The first-order chi connectivity index (χ1) is 8.01. The summed E-state index contributed by atoms with van der Waals surface area (Å²) in [6.07, 6.45) is 1.35. The van der Waals surface area contributed by atoms with E-state index in [0.717, 1.165) is 6.07 Å². The highest BCUT2D eigenvalue weighted by Crippen LogP contribution is 2.24. The Morgan fingerprint density at radius 3 is 2.53 bits per heavy atom. The van der Waals surface area contributed by atoms with Crippen LogP contribution in [0.3, 0.4) is 0 Å². The van der Waals surface area contributed by atoms with Gasteiger partial charge < -0.3 is 0 Å². The Labute approximate surface area is 106 Å². The molecule has 2 aromatic rings. The summed E-state index contributed by atoms with van der Waals surface area (Å²) in [6, 6.07) is 7.93. The summed E-state index contributed by atoms with van der Waals surface area (Å²) in [6.45, 7) is 0. The van der Waals surface area contributed by atoms with E-state index in [1.807, 2.05) is 0 Å². The van der Waals surface area contributed by atoms with Crippen LogP contribution in [0.25, 0.3) is 0 Å². The summed E-state index contributed by atoms with van der Waals surface area (Å²) in [7, 11) is -3.84. The highest BCUT2D eigenvalue weighted by atomic mass is 79.9. The summed E-state index contributed by atoms with van der Waals surface area (Å²) < 4.78 is 38.1. The SMILES string of the molecule is O=S(=O)(c1ccnc(Br)c1)c1ccccc1F. The molecule has 0 saturated carbocycles. The number of sulfone groups is 1. The Bertz CT molecular complexity index is 658. The second-order valence-corrected chi connectivity index (χ2v) is 5.98. The molecule has 3 nitrogen and oxygen atoms in total. The highest BCUT2D eigenvalue weighted by molar-refractivity contribution is 9.10. The fraction of sp³-hybridized carbons (Fsp3) is 0. The first-order valence-corrected chi connectivity index (χ1v) is 6.90. The lowest BCUT2D eigenvalue weighted by Crippen LogP contribution is -2.04. The molecule has 0 radical (unpaired) electrons. The van der Waals surface area contributed by atoms with Crippen molar-refractivity contribution in [3.8, 4) is 0 Å². The molecule has 88 valence electrons. The van der Waals surface area contributed by atoms with Crippen LogP contribution < -0.4 is 0 Å². The van der Waals surface area contributed by atoms with E-state index < -0.39 is 15.7 Å². The molecule has 0 N–H and O–H groups in total. The zero-order valence-corrected chi connectivity index (χ0v) is 10.9. The molecule has 0 aliphatic carbocycles. The Kier molecular flexibility index (Phi) is 3.26. The molecule has 17 heavy (non-hydrogen) atoms. The quantitative estimate of drug-likeness (QED) is 0.801. The predicted molar refractivity (Wildman–Crippen MR) is 63.8 cm³/mol. The normalized spacial score (nSPS) is 11.4. The molecule has 1 aromatic heterocycles. The standard InChI is InChI=1S/C11H7BrFNO2S/c12-11-7-8(5-6-14-11)17(15,16)10-4-2-1-3-9(10)13/h1-7H. The van der Waals surface area contributed by atoms with Gasteiger partial charge in [0.1, 0.15) is 15.3 Å². The lowest BCUT2D eigenvalue weighted by molar-refractivity contribution is 0.567. The number of hydrogen-bond donors (Lipinski definition) is 0. The lowest BCUT2D eigenvalue weighted by atomic mass is 10.3. The Morgan fingerprint density at radius 2 is 1.88 bits per heavy atom. The molecule has 0 saturated heterocycles. The van der Waals surface area contributed by atoms with Crippen LogP contribution in [0.1, 0.15) is 0 Å². The number of nitrogens with zero attached hydrogens (tertiary/aromatic N) is 1. The van der Waals surface area contributed by atoms with E-state index in [-0.39, 0.29) is 9.79 Å². The van der Waals surface area contributed by atoms with Gasteiger partial charge in [-0.25, -0.2) is 17.8 Å². The van der Waals surface area contributed by atoms with Crippen molar-refractivity contribution in [2.75, 3.05) is 0 Å². The minimum atomic E-state index is -3.84. The second kappa shape index (κ2) is 4.54. The first-order valence-electron chi connectivity index (χ1n) is 4.63. The van der Waals surface area contributed by atoms with Crippen molar-refractivity contribution in [2.45, 2.75) is 9.79 Å². The molecule has 0 fully saturated rings. The van der Waals surface area contributed by atoms with Crippen molar-refractivity contribution in [3.05, 3.63) is 53.0 Å². The molecule has 0 spiro atoms. The van der Waals surface area contributed by atoms with Crippen molar-refractivity contribution in [2.24, 2.45) is 0 Å². The van der Waals surface area contributed by atoms with Crippen LogP contribution in [-0.4, -0.2) is 13.4 Å². The smallest absolute Gasteiger partial charge is 0.209 e. The average molecular weight is 316 g/mol. The number of pyridine rings is 1. The van der Waals surface area contributed by atoms with Crippen LogP contribution >= 0.6 is 15.9 Å². The molecule has 1 aromatic carbocycles. The largest absolute Gasteiger partial charge is 0.249 e. The Hall–Kier alpha value is -1.27. The minimum Gasteiger partial charge on any atom is -0.249 e. The van der Waals surface area contributed by atoms with Gasteiger partial charge in [0.15, 0.2) is 0 Å². The topological polar surface area (TPSA) is 47.0 Å². The molecule has 1 heterocycles. The molecular weight excluding hydrogens is 309 g/mol. The van der Waals surface area contributed by atoms with Gasteiger partial charge in [-0.3, -0.25) is 0 Å². The summed E-state index contributed by atoms with van der Waals surface area (Å²) in [5.74, 6) is -0.763. The maximum atomic E-state index is 13.5. The van der Waals surface area contributed by atoms with Crippen molar-refractivity contribution < 1.29 is 12.8 Å². The van der Waals surface area contributed by atoms with Crippen LogP contribution in [-0.2, 0) is 9.84 Å². The second-order valence-electron chi connectivity index (χ2n) is 3.25. The van der Waals surface area contributed by atoms with Gasteiger partial charge in [0.05, 0.1) is 4.90 Å². The summed E-state index contributed by atoms with van der Waals surface area (Å²) >= 11 is 3.08. The number of hydrogen-bond acceptors (Lipinski definition) is 3. The van der Waals surface area contributed by atoms with E-state index in [4.69, 9.17) is 0 Å². The van der Waals surface area contributed by atoms with Gasteiger partial charge in [0.25, 0.3) is 0 Å². The van der Waals surface area contributed by atoms with Gasteiger partial charge in [-0.2, -0.15) is 0 Å². The van der Waals surface area contributed by atoms with Gasteiger partial charge in [0, 0.05) is 6.20 Å². The van der Waals surface area contributed by atoms with Crippen molar-refractivity contribution in [3.63, 3.8) is 0 Å². The third kappa shape index (κ3) is 2.37. The molecule has 0 aliphatic heterocycles. The fourth-order valence-corrected chi connectivity index (χ4v) is 3.20. The zero-order chi connectivity index (χ0) is 12.5. The Morgan fingerprint density at radius 1 is 1.18 bits per heavy atom. The first kappa shape index (κ1) is 12.2. The maximum absolute atomic E-state index is 13.5.